The highest BCUT2D eigenvalue weighted by Crippen LogP contribution is 2.36. The van der Waals surface area contributed by atoms with Gasteiger partial charge < -0.3 is 9.64 Å². The van der Waals surface area contributed by atoms with Crippen LogP contribution in [0.1, 0.15) is 12.0 Å². The molecule has 90 valence electrons. The standard InChI is InChI=1S/C14H13N3O/c1-2-4-12-10(3-1)13-11(5-8-18-12)14-15-6-7-17(14)9-16-13/h1-4,9H,5-8H2. The van der Waals surface area contributed by atoms with E-state index >= 15 is 0 Å². The number of benzene rings is 1. The van der Waals surface area contributed by atoms with Crippen LogP contribution in [0.3, 0.4) is 0 Å². The minimum absolute atomic E-state index is 0.693. The van der Waals surface area contributed by atoms with E-state index in [1.807, 2.05) is 24.5 Å². The Kier molecular flexibility index (Phi) is 2.03. The zero-order valence-electron chi connectivity index (χ0n) is 9.97. The molecule has 0 saturated heterocycles. The fraction of sp³-hybridized carbons (Fsp3) is 0.286. The van der Waals surface area contributed by atoms with E-state index in [4.69, 9.17) is 4.74 Å². The summed E-state index contributed by atoms with van der Waals surface area (Å²) < 4.78 is 5.80. The van der Waals surface area contributed by atoms with Crippen LogP contribution in [0.2, 0.25) is 0 Å². The van der Waals surface area contributed by atoms with Crippen molar-refractivity contribution in [1.82, 2.24) is 4.90 Å². The number of hydrogen-bond acceptors (Lipinski definition) is 4. The lowest BCUT2D eigenvalue weighted by molar-refractivity contribution is 0.325. The number of aliphatic imine (C=N–C) groups is 2. The van der Waals surface area contributed by atoms with E-state index in [2.05, 4.69) is 21.0 Å². The van der Waals surface area contributed by atoms with E-state index in [0.29, 0.717) is 6.61 Å². The molecule has 18 heavy (non-hydrogen) atoms. The second-order valence-corrected chi connectivity index (χ2v) is 4.57. The first kappa shape index (κ1) is 9.88. The molecule has 0 saturated carbocycles. The number of rotatable bonds is 0. The fourth-order valence-corrected chi connectivity index (χ4v) is 2.67. The van der Waals surface area contributed by atoms with Crippen LogP contribution >= 0.6 is 0 Å². The molecule has 3 aliphatic heterocycles. The Balaban J connectivity index is 1.93. The van der Waals surface area contributed by atoms with Crippen LogP contribution in [-0.4, -0.2) is 36.8 Å². The summed E-state index contributed by atoms with van der Waals surface area (Å²) in [5, 5.41) is 0. The zero-order valence-corrected chi connectivity index (χ0v) is 9.97. The van der Waals surface area contributed by atoms with Crippen molar-refractivity contribution in [3.8, 4) is 5.75 Å². The van der Waals surface area contributed by atoms with E-state index in [0.717, 1.165) is 42.4 Å². The van der Waals surface area contributed by atoms with Crippen LogP contribution in [0.4, 0.5) is 0 Å². The summed E-state index contributed by atoms with van der Waals surface area (Å²) in [6.07, 6.45) is 2.77. The minimum atomic E-state index is 0.693. The lowest BCUT2D eigenvalue weighted by Gasteiger charge is -2.22. The molecule has 0 unspecified atom stereocenters. The Hall–Kier alpha value is -2.10. The molecular formula is C14H13N3O. The van der Waals surface area contributed by atoms with E-state index in [-0.39, 0.29) is 0 Å². The monoisotopic (exact) mass is 239 g/mol. The number of hydrogen-bond donors (Lipinski definition) is 0. The van der Waals surface area contributed by atoms with Gasteiger partial charge in [-0.1, -0.05) is 12.1 Å². The van der Waals surface area contributed by atoms with Crippen molar-refractivity contribution in [3.05, 3.63) is 35.4 Å². The average Bonchev–Trinajstić information content (AvgIpc) is 2.80. The van der Waals surface area contributed by atoms with Gasteiger partial charge in [0.05, 0.1) is 25.2 Å². The molecule has 3 aliphatic rings. The third-order valence-electron chi connectivity index (χ3n) is 3.51. The molecule has 0 aliphatic carbocycles. The van der Waals surface area contributed by atoms with Gasteiger partial charge in [0.15, 0.2) is 0 Å². The minimum Gasteiger partial charge on any atom is -0.493 e. The molecule has 3 heterocycles. The number of para-hydroxylation sites is 1. The number of ether oxygens (including phenoxy) is 1. The van der Waals surface area contributed by atoms with Crippen LogP contribution in [-0.2, 0) is 0 Å². The third-order valence-corrected chi connectivity index (χ3v) is 3.51. The summed E-state index contributed by atoms with van der Waals surface area (Å²) >= 11 is 0. The molecule has 4 nitrogen and oxygen atoms in total. The molecule has 0 fully saturated rings. The van der Waals surface area contributed by atoms with Crippen LogP contribution in [0.5, 0.6) is 5.75 Å². The Morgan fingerprint density at radius 3 is 3.17 bits per heavy atom. The summed E-state index contributed by atoms with van der Waals surface area (Å²) in [4.78, 5) is 11.3. The van der Waals surface area contributed by atoms with Crippen LogP contribution in [0.25, 0.3) is 5.70 Å². The van der Waals surface area contributed by atoms with Crippen molar-refractivity contribution < 1.29 is 4.74 Å². The van der Waals surface area contributed by atoms with Crippen molar-refractivity contribution >= 4 is 17.9 Å². The Bertz CT molecular complexity index is 601. The van der Waals surface area contributed by atoms with Gasteiger partial charge >= 0.3 is 0 Å². The molecule has 4 heteroatoms. The molecule has 1 aromatic carbocycles. The maximum Gasteiger partial charge on any atom is 0.134 e. The maximum absolute atomic E-state index is 5.80. The normalized spacial score (nSPS) is 20.7. The molecule has 0 atom stereocenters. The van der Waals surface area contributed by atoms with Crippen molar-refractivity contribution in [2.75, 3.05) is 19.7 Å². The molecule has 0 N–H and O–H groups in total. The lowest BCUT2D eigenvalue weighted by Crippen LogP contribution is -2.30. The topological polar surface area (TPSA) is 37.2 Å². The summed E-state index contributed by atoms with van der Waals surface area (Å²) in [6, 6.07) is 8.09. The van der Waals surface area contributed by atoms with Gasteiger partial charge in [-0.05, 0) is 12.1 Å². The van der Waals surface area contributed by atoms with Gasteiger partial charge in [0.25, 0.3) is 0 Å². The van der Waals surface area contributed by atoms with Gasteiger partial charge in [-0.2, -0.15) is 0 Å². The van der Waals surface area contributed by atoms with Crippen molar-refractivity contribution in [3.63, 3.8) is 0 Å². The summed E-state index contributed by atoms with van der Waals surface area (Å²) in [7, 11) is 0. The Morgan fingerprint density at radius 2 is 2.17 bits per heavy atom. The summed E-state index contributed by atoms with van der Waals surface area (Å²) in [5.74, 6) is 2.01. The van der Waals surface area contributed by atoms with Gasteiger partial charge in [0.2, 0.25) is 0 Å². The first-order valence-electron chi connectivity index (χ1n) is 6.24. The predicted octanol–water partition coefficient (Wildman–Crippen LogP) is 1.94. The fourth-order valence-electron chi connectivity index (χ4n) is 2.67. The van der Waals surface area contributed by atoms with E-state index in [9.17, 15) is 0 Å². The zero-order chi connectivity index (χ0) is 11.9. The van der Waals surface area contributed by atoms with Gasteiger partial charge in [-0.15, -0.1) is 0 Å². The molecule has 0 amide bonds. The number of nitrogens with zero attached hydrogens (tertiary/aromatic N) is 3. The Labute approximate surface area is 105 Å². The SMILES string of the molecule is C1=NC2=C(CCOc3ccccc32)C2=NCCN12. The summed E-state index contributed by atoms with van der Waals surface area (Å²) in [6.45, 7) is 2.50. The van der Waals surface area contributed by atoms with E-state index in [1.165, 1.54) is 5.57 Å². The molecule has 4 rings (SSSR count). The van der Waals surface area contributed by atoms with Gasteiger partial charge in [-0.25, -0.2) is 4.99 Å². The lowest BCUT2D eigenvalue weighted by atomic mass is 10.0. The third kappa shape index (κ3) is 1.32. The number of amidine groups is 1. The maximum atomic E-state index is 5.80. The van der Waals surface area contributed by atoms with Crippen LogP contribution in [0, 0.1) is 0 Å². The largest absolute Gasteiger partial charge is 0.493 e. The molecule has 0 radical (unpaired) electrons. The second kappa shape index (κ2) is 3.70. The highest BCUT2D eigenvalue weighted by atomic mass is 16.5. The van der Waals surface area contributed by atoms with E-state index < -0.39 is 0 Å². The smallest absolute Gasteiger partial charge is 0.134 e. The van der Waals surface area contributed by atoms with Gasteiger partial charge in [0, 0.05) is 24.1 Å². The molecule has 0 spiro atoms. The highest BCUT2D eigenvalue weighted by Gasteiger charge is 2.28. The van der Waals surface area contributed by atoms with Crippen molar-refractivity contribution in [2.45, 2.75) is 6.42 Å². The van der Waals surface area contributed by atoms with Crippen LogP contribution in [0.15, 0.2) is 39.8 Å². The average molecular weight is 239 g/mol. The van der Waals surface area contributed by atoms with Gasteiger partial charge in [0.1, 0.15) is 11.6 Å². The highest BCUT2D eigenvalue weighted by molar-refractivity contribution is 6.13. The second-order valence-electron chi connectivity index (χ2n) is 4.57. The molecular weight excluding hydrogens is 226 g/mol. The predicted molar refractivity (Wildman–Crippen MR) is 71.0 cm³/mol. The van der Waals surface area contributed by atoms with Crippen molar-refractivity contribution in [2.24, 2.45) is 9.98 Å². The van der Waals surface area contributed by atoms with E-state index in [1.54, 1.807) is 0 Å². The molecule has 0 bridgehead atoms. The van der Waals surface area contributed by atoms with Crippen molar-refractivity contribution in [1.29, 1.82) is 0 Å². The van der Waals surface area contributed by atoms with Gasteiger partial charge in [-0.3, -0.25) is 4.99 Å². The number of fused-ring (bicyclic) bond motifs is 4. The van der Waals surface area contributed by atoms with Crippen LogP contribution < -0.4 is 4.74 Å². The molecule has 0 aromatic heterocycles. The first-order chi connectivity index (χ1) is 8.93. The first-order valence-corrected chi connectivity index (χ1v) is 6.24. The quantitative estimate of drug-likeness (QED) is 0.693. The molecule has 1 aromatic rings. The summed E-state index contributed by atoms with van der Waals surface area (Å²) in [5.41, 5.74) is 3.33. The Morgan fingerprint density at radius 1 is 1.22 bits per heavy atom.